The topological polar surface area (TPSA) is 60.9 Å². The zero-order chi connectivity index (χ0) is 20.3. The number of fused-ring (bicyclic) bond motifs is 1. The first-order chi connectivity index (χ1) is 14.8. The van der Waals surface area contributed by atoms with Crippen LogP contribution in [0.5, 0.6) is 0 Å². The van der Waals surface area contributed by atoms with Crippen LogP contribution in [0.15, 0.2) is 84.4 Å². The van der Waals surface area contributed by atoms with Crippen molar-refractivity contribution in [3.05, 3.63) is 101 Å². The van der Waals surface area contributed by atoms with Crippen LogP contribution in [0, 0.1) is 0 Å². The molecular formula is C22H17ClN6S. The Balaban J connectivity index is 1.46. The third-order valence-electron chi connectivity index (χ3n) is 4.62. The molecule has 0 bridgehead atoms. The maximum Gasteiger partial charge on any atom is 0.233 e. The summed E-state index contributed by atoms with van der Waals surface area (Å²) in [5.74, 6) is 2.24. The summed E-state index contributed by atoms with van der Waals surface area (Å²) in [6.07, 6.45) is 6.36. The molecule has 8 heteroatoms. The molecule has 0 saturated carbocycles. The Morgan fingerprint density at radius 3 is 2.57 bits per heavy atom. The Morgan fingerprint density at radius 2 is 1.77 bits per heavy atom. The van der Waals surface area contributed by atoms with Crippen molar-refractivity contribution < 1.29 is 0 Å². The number of imidazole rings is 1. The molecule has 0 fully saturated rings. The molecule has 0 aliphatic heterocycles. The van der Waals surface area contributed by atoms with Gasteiger partial charge in [0.1, 0.15) is 5.82 Å². The van der Waals surface area contributed by atoms with E-state index in [2.05, 4.69) is 36.9 Å². The van der Waals surface area contributed by atoms with E-state index in [1.165, 1.54) is 5.56 Å². The highest BCUT2D eigenvalue weighted by molar-refractivity contribution is 7.98. The van der Waals surface area contributed by atoms with E-state index in [4.69, 9.17) is 11.6 Å². The van der Waals surface area contributed by atoms with E-state index in [0.717, 1.165) is 22.4 Å². The van der Waals surface area contributed by atoms with Crippen LogP contribution >= 0.6 is 23.4 Å². The van der Waals surface area contributed by atoms with Crippen molar-refractivity contribution in [3.63, 3.8) is 0 Å². The smallest absolute Gasteiger partial charge is 0.233 e. The lowest BCUT2D eigenvalue weighted by atomic mass is 10.1. The number of halogens is 1. The number of hydrogen-bond donors (Lipinski definition) is 0. The minimum atomic E-state index is 0.667. The van der Waals surface area contributed by atoms with E-state index in [1.807, 2.05) is 65.3 Å². The highest BCUT2D eigenvalue weighted by atomic mass is 35.5. The van der Waals surface area contributed by atoms with Gasteiger partial charge in [0.25, 0.3) is 0 Å². The highest BCUT2D eigenvalue weighted by Crippen LogP contribution is 2.27. The van der Waals surface area contributed by atoms with Crippen LogP contribution in [0.25, 0.3) is 11.5 Å². The van der Waals surface area contributed by atoms with Crippen molar-refractivity contribution in [2.24, 2.45) is 0 Å². The Labute approximate surface area is 182 Å². The molecular weight excluding hydrogens is 416 g/mol. The number of aromatic nitrogens is 6. The Bertz CT molecular complexity index is 1250. The standard InChI is InChI=1S/C22H17ClN6S/c23-17-7-9-19(10-8-17)29-20(13-16-5-2-1-3-6-16)26-27-22(29)30-15-18-14-28-12-4-11-24-21(28)25-18/h1-12,14H,13,15H2. The fraction of sp³-hybridized carbons (Fsp3) is 0.0909. The Morgan fingerprint density at radius 1 is 0.933 bits per heavy atom. The summed E-state index contributed by atoms with van der Waals surface area (Å²) in [4.78, 5) is 8.85. The van der Waals surface area contributed by atoms with Gasteiger partial charge in [-0.25, -0.2) is 9.97 Å². The minimum absolute atomic E-state index is 0.667. The molecule has 0 aliphatic rings. The highest BCUT2D eigenvalue weighted by Gasteiger charge is 2.16. The third kappa shape index (κ3) is 3.94. The molecule has 30 heavy (non-hydrogen) atoms. The summed E-state index contributed by atoms with van der Waals surface area (Å²) >= 11 is 7.70. The van der Waals surface area contributed by atoms with Crippen molar-refractivity contribution in [1.82, 2.24) is 29.1 Å². The lowest BCUT2D eigenvalue weighted by molar-refractivity contribution is 0.847. The summed E-state index contributed by atoms with van der Waals surface area (Å²) < 4.78 is 4.00. The van der Waals surface area contributed by atoms with Gasteiger partial charge in [0, 0.05) is 41.5 Å². The van der Waals surface area contributed by atoms with Gasteiger partial charge in [0.15, 0.2) is 5.16 Å². The fourth-order valence-electron chi connectivity index (χ4n) is 3.22. The molecule has 0 saturated heterocycles. The molecule has 148 valence electrons. The van der Waals surface area contributed by atoms with Gasteiger partial charge in [-0.3, -0.25) is 8.97 Å². The summed E-state index contributed by atoms with van der Waals surface area (Å²) in [6.45, 7) is 0. The van der Waals surface area contributed by atoms with Gasteiger partial charge in [-0.2, -0.15) is 0 Å². The first-order valence-corrected chi connectivity index (χ1v) is 10.8. The molecule has 0 atom stereocenters. The monoisotopic (exact) mass is 432 g/mol. The van der Waals surface area contributed by atoms with Gasteiger partial charge in [-0.05, 0) is 35.9 Å². The zero-order valence-corrected chi connectivity index (χ0v) is 17.5. The normalized spacial score (nSPS) is 11.2. The van der Waals surface area contributed by atoms with Crippen molar-refractivity contribution in [2.45, 2.75) is 17.3 Å². The van der Waals surface area contributed by atoms with Crippen LogP contribution in [-0.4, -0.2) is 29.1 Å². The maximum absolute atomic E-state index is 6.10. The number of benzene rings is 2. The summed E-state index contributed by atoms with van der Waals surface area (Å²) in [7, 11) is 0. The summed E-state index contributed by atoms with van der Waals surface area (Å²) in [6, 6.07) is 19.9. The maximum atomic E-state index is 6.10. The molecule has 0 radical (unpaired) electrons. The van der Waals surface area contributed by atoms with Crippen LogP contribution in [0.3, 0.4) is 0 Å². The molecule has 0 aliphatic carbocycles. The minimum Gasteiger partial charge on any atom is -0.291 e. The number of rotatable bonds is 6. The van der Waals surface area contributed by atoms with Gasteiger partial charge in [0.05, 0.1) is 5.69 Å². The second kappa shape index (κ2) is 8.30. The van der Waals surface area contributed by atoms with E-state index < -0.39 is 0 Å². The van der Waals surface area contributed by atoms with Crippen LogP contribution < -0.4 is 0 Å². The molecule has 2 aromatic carbocycles. The van der Waals surface area contributed by atoms with Gasteiger partial charge < -0.3 is 0 Å². The number of thioether (sulfide) groups is 1. The van der Waals surface area contributed by atoms with Crippen LogP contribution in [0.2, 0.25) is 5.02 Å². The zero-order valence-electron chi connectivity index (χ0n) is 15.9. The molecule has 3 heterocycles. The second-order valence-electron chi connectivity index (χ2n) is 6.72. The average Bonchev–Trinajstić information content (AvgIpc) is 3.37. The van der Waals surface area contributed by atoms with Crippen LogP contribution in [0.1, 0.15) is 17.1 Å². The lowest BCUT2D eigenvalue weighted by Gasteiger charge is -2.10. The molecule has 0 amide bonds. The van der Waals surface area contributed by atoms with Gasteiger partial charge in [-0.15, -0.1) is 10.2 Å². The largest absolute Gasteiger partial charge is 0.291 e. The predicted molar refractivity (Wildman–Crippen MR) is 118 cm³/mol. The summed E-state index contributed by atoms with van der Waals surface area (Å²) in [5, 5.41) is 10.5. The molecule has 0 spiro atoms. The van der Waals surface area contributed by atoms with E-state index in [9.17, 15) is 0 Å². The molecule has 3 aromatic heterocycles. The van der Waals surface area contributed by atoms with E-state index >= 15 is 0 Å². The van der Waals surface area contributed by atoms with Crippen LogP contribution in [-0.2, 0) is 12.2 Å². The van der Waals surface area contributed by atoms with Crippen molar-refractivity contribution in [2.75, 3.05) is 0 Å². The molecule has 0 unspecified atom stereocenters. The summed E-state index contributed by atoms with van der Waals surface area (Å²) in [5.41, 5.74) is 3.10. The SMILES string of the molecule is Clc1ccc(-n2c(Cc3ccccc3)nnc2SCc2cn3cccnc3n2)cc1. The number of hydrogen-bond acceptors (Lipinski definition) is 5. The Hall–Kier alpha value is -3.16. The first kappa shape index (κ1) is 18.8. The lowest BCUT2D eigenvalue weighted by Crippen LogP contribution is -2.04. The molecule has 5 rings (SSSR count). The van der Waals surface area contributed by atoms with Gasteiger partial charge in [0.2, 0.25) is 5.78 Å². The Kier molecular flexibility index (Phi) is 5.21. The average molecular weight is 433 g/mol. The molecule has 5 aromatic rings. The van der Waals surface area contributed by atoms with E-state index in [-0.39, 0.29) is 0 Å². The number of nitrogens with zero attached hydrogens (tertiary/aromatic N) is 6. The quantitative estimate of drug-likeness (QED) is 0.359. The molecule has 0 N–H and O–H groups in total. The first-order valence-electron chi connectivity index (χ1n) is 9.42. The van der Waals surface area contributed by atoms with E-state index in [0.29, 0.717) is 23.0 Å². The van der Waals surface area contributed by atoms with E-state index in [1.54, 1.807) is 18.0 Å². The van der Waals surface area contributed by atoms with Crippen LogP contribution in [0.4, 0.5) is 0 Å². The second-order valence-corrected chi connectivity index (χ2v) is 8.10. The fourth-order valence-corrected chi connectivity index (χ4v) is 4.20. The van der Waals surface area contributed by atoms with Crippen molar-refractivity contribution >= 4 is 29.1 Å². The third-order valence-corrected chi connectivity index (χ3v) is 5.84. The van der Waals surface area contributed by atoms with Gasteiger partial charge in [-0.1, -0.05) is 53.7 Å². The van der Waals surface area contributed by atoms with Gasteiger partial charge >= 0.3 is 0 Å². The predicted octanol–water partition coefficient (Wildman–Crippen LogP) is 4.85. The van der Waals surface area contributed by atoms with Crippen molar-refractivity contribution in [1.29, 1.82) is 0 Å². The molecule has 6 nitrogen and oxygen atoms in total. The van der Waals surface area contributed by atoms with Crippen molar-refractivity contribution in [3.8, 4) is 5.69 Å².